The van der Waals surface area contributed by atoms with Crippen molar-refractivity contribution in [3.63, 3.8) is 0 Å². The summed E-state index contributed by atoms with van der Waals surface area (Å²) in [5.41, 5.74) is 0.678. The normalized spacial score (nSPS) is 51.7. The van der Waals surface area contributed by atoms with Gasteiger partial charge in [0.1, 0.15) is 0 Å². The first-order valence-corrected chi connectivity index (χ1v) is 13.1. The molecule has 0 aliphatic heterocycles. The number of fused-ring (bicyclic) bond motifs is 5. The maximum Gasteiger partial charge on any atom is 0.152 e. The van der Waals surface area contributed by atoms with Crippen LogP contribution in [0.15, 0.2) is 23.8 Å². The Labute approximate surface area is 200 Å². The summed E-state index contributed by atoms with van der Waals surface area (Å²) in [5.74, 6) is 0.863. The van der Waals surface area contributed by atoms with Crippen LogP contribution in [0.2, 0.25) is 0 Å². The van der Waals surface area contributed by atoms with Crippen LogP contribution >= 0.6 is 0 Å². The second-order valence-corrected chi connectivity index (χ2v) is 13.4. The van der Waals surface area contributed by atoms with E-state index < -0.39 is 12.2 Å². The van der Waals surface area contributed by atoms with E-state index in [9.17, 15) is 20.1 Å². The van der Waals surface area contributed by atoms with E-state index >= 15 is 0 Å². The second kappa shape index (κ2) is 8.03. The van der Waals surface area contributed by atoms with E-state index in [1.54, 1.807) is 13.0 Å². The zero-order chi connectivity index (χ0) is 24.6. The molecule has 4 aliphatic rings. The fraction of sp³-hybridized carbons (Fsp3) is 0.828. The molecule has 4 aliphatic carbocycles. The quantitative estimate of drug-likeness (QED) is 0.408. The third kappa shape index (κ3) is 3.45. The Morgan fingerprint density at radius 1 is 0.909 bits per heavy atom. The highest BCUT2D eigenvalue weighted by Crippen LogP contribution is 2.75. The van der Waals surface area contributed by atoms with E-state index in [0.29, 0.717) is 11.8 Å². The van der Waals surface area contributed by atoms with Crippen LogP contribution in [0.5, 0.6) is 0 Å². The van der Waals surface area contributed by atoms with Gasteiger partial charge < -0.3 is 15.3 Å². The van der Waals surface area contributed by atoms with E-state index in [4.69, 9.17) is 0 Å². The molecular weight excluding hydrogens is 412 g/mol. The van der Waals surface area contributed by atoms with Crippen molar-refractivity contribution in [2.75, 3.05) is 0 Å². The minimum atomic E-state index is -0.442. The maximum absolute atomic E-state index is 11.7. The van der Waals surface area contributed by atoms with Gasteiger partial charge in [-0.3, -0.25) is 4.79 Å². The highest BCUT2D eigenvalue weighted by molar-refractivity contribution is 5.87. The Kier molecular flexibility index (Phi) is 6.12. The number of rotatable bonds is 3. The fourth-order valence-electron chi connectivity index (χ4n) is 9.90. The van der Waals surface area contributed by atoms with Crippen molar-refractivity contribution in [1.29, 1.82) is 0 Å². The summed E-state index contributed by atoms with van der Waals surface area (Å²) in [5, 5.41) is 34.1. The van der Waals surface area contributed by atoms with Gasteiger partial charge in [0.2, 0.25) is 0 Å². The van der Waals surface area contributed by atoms with Gasteiger partial charge >= 0.3 is 0 Å². The van der Waals surface area contributed by atoms with Crippen LogP contribution in [0.1, 0.15) is 87.0 Å². The molecule has 4 rings (SSSR count). The van der Waals surface area contributed by atoms with Gasteiger partial charge in [0, 0.05) is 0 Å². The first-order valence-electron chi connectivity index (χ1n) is 13.1. The molecule has 0 unspecified atom stereocenters. The smallest absolute Gasteiger partial charge is 0.152 e. The third-order valence-electron chi connectivity index (χ3n) is 11.5. The number of aliphatic hydroxyl groups excluding tert-OH is 3. The van der Waals surface area contributed by atoms with Crippen molar-refractivity contribution < 1.29 is 20.1 Å². The summed E-state index contributed by atoms with van der Waals surface area (Å²) < 4.78 is 0. The van der Waals surface area contributed by atoms with Crippen molar-refractivity contribution >= 4 is 5.78 Å². The zero-order valence-corrected chi connectivity index (χ0v) is 21.8. The van der Waals surface area contributed by atoms with Crippen LogP contribution in [0.25, 0.3) is 0 Å². The Morgan fingerprint density at radius 2 is 1.58 bits per heavy atom. The number of carbonyl (C=O) groups is 1. The summed E-state index contributed by atoms with van der Waals surface area (Å²) in [6.07, 6.45) is 9.57. The molecule has 10 atom stereocenters. The average Bonchev–Trinajstić information content (AvgIpc) is 3.07. The molecule has 0 aromatic carbocycles. The van der Waals surface area contributed by atoms with E-state index in [0.717, 1.165) is 38.5 Å². The van der Waals surface area contributed by atoms with Crippen LogP contribution in [0.3, 0.4) is 0 Å². The number of aliphatic hydroxyl groups is 3. The first kappa shape index (κ1) is 25.1. The molecule has 0 spiro atoms. The number of carbonyl (C=O) groups excluding carboxylic acids is 1. The molecule has 4 fully saturated rings. The lowest BCUT2D eigenvalue weighted by atomic mass is 9.34. The maximum atomic E-state index is 11.7. The highest BCUT2D eigenvalue weighted by atomic mass is 16.3. The number of ketones is 1. The number of allylic oxidation sites excluding steroid dienone is 4. The molecule has 33 heavy (non-hydrogen) atoms. The van der Waals surface area contributed by atoms with Crippen LogP contribution in [-0.4, -0.2) is 39.4 Å². The summed E-state index contributed by atoms with van der Waals surface area (Å²) in [6, 6.07) is 0. The Morgan fingerprint density at radius 3 is 2.21 bits per heavy atom. The van der Waals surface area contributed by atoms with Crippen LogP contribution < -0.4 is 0 Å². The van der Waals surface area contributed by atoms with Crippen molar-refractivity contribution in [2.45, 2.75) is 105 Å². The molecule has 0 aromatic heterocycles. The van der Waals surface area contributed by atoms with Crippen LogP contribution in [-0.2, 0) is 4.79 Å². The van der Waals surface area contributed by atoms with Gasteiger partial charge in [0.25, 0.3) is 0 Å². The molecule has 0 heterocycles. The molecule has 0 saturated heterocycles. The van der Waals surface area contributed by atoms with Crippen LogP contribution in [0.4, 0.5) is 0 Å². The van der Waals surface area contributed by atoms with Gasteiger partial charge in [0.15, 0.2) is 5.78 Å². The number of hydrogen-bond donors (Lipinski definition) is 3. The summed E-state index contributed by atoms with van der Waals surface area (Å²) >= 11 is 0. The summed E-state index contributed by atoms with van der Waals surface area (Å²) in [6.45, 7) is 15.1. The predicted molar refractivity (Wildman–Crippen MR) is 131 cm³/mol. The van der Waals surface area contributed by atoms with Crippen molar-refractivity contribution in [2.24, 2.45) is 45.3 Å². The molecule has 4 saturated carbocycles. The Balaban J connectivity index is 1.73. The molecule has 0 bridgehead atoms. The van der Waals surface area contributed by atoms with Crippen molar-refractivity contribution in [3.05, 3.63) is 23.8 Å². The van der Waals surface area contributed by atoms with Gasteiger partial charge in [-0.1, -0.05) is 52.3 Å². The van der Waals surface area contributed by atoms with Crippen LogP contribution in [0, 0.1) is 45.3 Å². The SMILES string of the molecule is CC(=O)/C=C/C=C(\C)[C@H]1CC[C@]2(C)[C@@H]1[C@H](O)C[C@@H]1[C@@]3(C)CC[C@H](O)C(C)(C)[C@@H]3[C@@H](O)C[C@]12C. The van der Waals surface area contributed by atoms with Gasteiger partial charge in [-0.05, 0) is 104 Å². The summed E-state index contributed by atoms with van der Waals surface area (Å²) in [4.78, 5) is 11.3. The highest BCUT2D eigenvalue weighted by Gasteiger charge is 2.72. The average molecular weight is 459 g/mol. The topological polar surface area (TPSA) is 77.8 Å². The molecule has 4 heteroatoms. The predicted octanol–water partition coefficient (Wildman–Crippen LogP) is 5.07. The third-order valence-corrected chi connectivity index (χ3v) is 11.5. The lowest BCUT2D eigenvalue weighted by Gasteiger charge is -2.71. The van der Waals surface area contributed by atoms with Crippen molar-refractivity contribution in [1.82, 2.24) is 0 Å². The minimum Gasteiger partial charge on any atom is -0.393 e. The number of hydrogen-bond acceptors (Lipinski definition) is 4. The van der Waals surface area contributed by atoms with Crippen molar-refractivity contribution in [3.8, 4) is 0 Å². The van der Waals surface area contributed by atoms with E-state index in [-0.39, 0.29) is 45.4 Å². The Bertz CT molecular complexity index is 858. The fourth-order valence-corrected chi connectivity index (χ4v) is 9.90. The van der Waals surface area contributed by atoms with Gasteiger partial charge in [-0.25, -0.2) is 0 Å². The van der Waals surface area contributed by atoms with Gasteiger partial charge in [-0.2, -0.15) is 0 Å². The monoisotopic (exact) mass is 458 g/mol. The molecule has 0 aromatic rings. The van der Waals surface area contributed by atoms with Gasteiger partial charge in [-0.15, -0.1) is 0 Å². The van der Waals surface area contributed by atoms with Gasteiger partial charge in [0.05, 0.1) is 18.3 Å². The lowest BCUT2D eigenvalue weighted by molar-refractivity contribution is -0.270. The van der Waals surface area contributed by atoms with E-state index in [2.05, 4.69) is 47.6 Å². The molecule has 4 nitrogen and oxygen atoms in total. The largest absolute Gasteiger partial charge is 0.393 e. The Hall–Kier alpha value is -0.970. The molecule has 0 amide bonds. The summed E-state index contributed by atoms with van der Waals surface area (Å²) in [7, 11) is 0. The molecule has 3 N–H and O–H groups in total. The first-order chi connectivity index (χ1) is 15.2. The molecular formula is C29H46O4. The minimum absolute atomic E-state index is 0.0368. The standard InChI is InChI=1S/C29H46O4/c1-17(9-8-10-18(2)30)19-11-14-28(6)24(19)20(31)15-22-27(5)13-12-23(33)26(3,4)25(27)21(32)16-29(22,28)7/h8-10,19-25,31-33H,11-16H2,1-7H3/b10-8+,17-9+/t19-,20-,21+,22-,23+,24+,25+,27-,28-,29-/m1/s1. The zero-order valence-electron chi connectivity index (χ0n) is 21.8. The lowest BCUT2D eigenvalue weighted by Crippen LogP contribution is -2.69. The van der Waals surface area contributed by atoms with E-state index in [1.807, 2.05) is 6.08 Å². The second-order valence-electron chi connectivity index (χ2n) is 13.4. The molecule has 186 valence electrons. The molecule has 0 radical (unpaired) electrons. The van der Waals surface area contributed by atoms with E-state index in [1.165, 1.54) is 5.57 Å².